The molecular formula is C26H31N7O3. The fraction of sp³-hybridized carbons (Fsp3) is 0.346. The van der Waals surface area contributed by atoms with E-state index in [-0.39, 0.29) is 14.0 Å². The average molecular weight is 490 g/mol. The lowest BCUT2D eigenvalue weighted by Gasteiger charge is -2.15. The number of carbonyl (C=O) groups excluding carboxylic acids is 1. The van der Waals surface area contributed by atoms with E-state index in [0.29, 0.717) is 23.4 Å². The van der Waals surface area contributed by atoms with Crippen molar-refractivity contribution in [1.82, 2.24) is 29.8 Å². The zero-order chi connectivity index (χ0) is 24.2. The number of hydrogen-bond acceptors (Lipinski definition) is 8. The van der Waals surface area contributed by atoms with E-state index in [0.717, 1.165) is 54.0 Å². The Balaban J connectivity index is 0.00000304. The van der Waals surface area contributed by atoms with Crippen LogP contribution in [0.2, 0.25) is 0 Å². The molecule has 0 bridgehead atoms. The van der Waals surface area contributed by atoms with Crippen molar-refractivity contribution in [1.29, 1.82) is 0 Å². The van der Waals surface area contributed by atoms with Crippen LogP contribution in [0.15, 0.2) is 48.9 Å². The number of likely N-dealkylation sites (tertiary alicyclic amines) is 1. The molecule has 4 aromatic rings. The van der Waals surface area contributed by atoms with Crippen molar-refractivity contribution in [2.45, 2.75) is 33.4 Å². The van der Waals surface area contributed by atoms with Gasteiger partial charge >= 0.3 is 6.09 Å². The molecule has 1 amide bonds. The number of anilines is 1. The lowest BCUT2D eigenvalue weighted by atomic mass is 10.0. The van der Waals surface area contributed by atoms with Crippen molar-refractivity contribution in [2.24, 2.45) is 0 Å². The number of ether oxygens (including phenoxy) is 2. The molecule has 10 heteroatoms. The molecule has 0 radical (unpaired) electrons. The molecule has 0 aliphatic carbocycles. The molecule has 1 aromatic carbocycles. The first-order valence-electron chi connectivity index (χ1n) is 11.6. The number of fused-ring (bicyclic) bond motifs is 1. The molecule has 1 saturated heterocycles. The number of amides is 1. The van der Waals surface area contributed by atoms with Crippen LogP contribution in [0.5, 0.6) is 0 Å². The van der Waals surface area contributed by atoms with Crippen LogP contribution in [0.4, 0.5) is 10.7 Å². The van der Waals surface area contributed by atoms with Gasteiger partial charge in [0.25, 0.3) is 0 Å². The third kappa shape index (κ3) is 5.50. The highest BCUT2D eigenvalue weighted by Crippen LogP contribution is 2.32. The van der Waals surface area contributed by atoms with Crippen LogP contribution in [-0.4, -0.2) is 68.8 Å². The molecule has 2 N–H and O–H groups in total. The maximum atomic E-state index is 11.9. The van der Waals surface area contributed by atoms with E-state index in [9.17, 15) is 4.79 Å². The lowest BCUT2D eigenvalue weighted by Crippen LogP contribution is -2.22. The fourth-order valence-corrected chi connectivity index (χ4v) is 4.27. The Morgan fingerprint density at radius 2 is 2.03 bits per heavy atom. The molecule has 1 fully saturated rings. The molecule has 188 valence electrons. The van der Waals surface area contributed by atoms with Crippen LogP contribution in [0.1, 0.15) is 26.5 Å². The zero-order valence-corrected chi connectivity index (χ0v) is 19.7. The first-order valence-corrected chi connectivity index (χ1v) is 11.6. The van der Waals surface area contributed by atoms with Crippen LogP contribution < -0.4 is 5.32 Å². The second-order valence-corrected chi connectivity index (χ2v) is 8.34. The SMILES string of the molecule is C.CCOC(=O)Nc1nc2c(-c3ncccn3)cc(-c3ccc(CN4CC[C@@H](OC)C4)nc3)cc2[nH]1. The first-order chi connectivity index (χ1) is 17.1. The van der Waals surface area contributed by atoms with E-state index in [4.69, 9.17) is 14.5 Å². The summed E-state index contributed by atoms with van der Waals surface area (Å²) in [6.45, 7) is 4.76. The molecule has 1 atom stereocenters. The molecule has 0 unspecified atom stereocenters. The van der Waals surface area contributed by atoms with Crippen LogP contribution in [0.3, 0.4) is 0 Å². The van der Waals surface area contributed by atoms with Gasteiger partial charge < -0.3 is 14.5 Å². The van der Waals surface area contributed by atoms with Crippen molar-refractivity contribution in [3.8, 4) is 22.5 Å². The second kappa shape index (κ2) is 11.2. The second-order valence-electron chi connectivity index (χ2n) is 8.34. The van der Waals surface area contributed by atoms with Crippen LogP contribution in [-0.2, 0) is 16.0 Å². The summed E-state index contributed by atoms with van der Waals surface area (Å²) in [5.41, 5.74) is 5.05. The Labute approximate surface area is 210 Å². The number of imidazole rings is 1. The van der Waals surface area contributed by atoms with Gasteiger partial charge in [-0.15, -0.1) is 0 Å². The van der Waals surface area contributed by atoms with E-state index in [1.807, 2.05) is 18.3 Å². The van der Waals surface area contributed by atoms with Gasteiger partial charge in [-0.05, 0) is 43.2 Å². The van der Waals surface area contributed by atoms with Crippen molar-refractivity contribution >= 4 is 23.1 Å². The highest BCUT2D eigenvalue weighted by Gasteiger charge is 2.22. The number of H-pyrrole nitrogens is 1. The van der Waals surface area contributed by atoms with Gasteiger partial charge in [0.1, 0.15) is 5.52 Å². The number of nitrogens with one attached hydrogen (secondary N) is 2. The van der Waals surface area contributed by atoms with Gasteiger partial charge in [0.15, 0.2) is 5.82 Å². The quantitative estimate of drug-likeness (QED) is 0.389. The number of rotatable bonds is 7. The Hall–Kier alpha value is -3.89. The van der Waals surface area contributed by atoms with Gasteiger partial charge in [0.2, 0.25) is 5.95 Å². The van der Waals surface area contributed by atoms with Crippen molar-refractivity contribution in [2.75, 3.05) is 32.1 Å². The number of benzene rings is 1. The number of nitrogens with zero attached hydrogens (tertiary/aromatic N) is 5. The van der Waals surface area contributed by atoms with Crippen molar-refractivity contribution < 1.29 is 14.3 Å². The maximum Gasteiger partial charge on any atom is 0.413 e. The van der Waals surface area contributed by atoms with E-state index in [1.54, 1.807) is 32.5 Å². The average Bonchev–Trinajstić information content (AvgIpc) is 3.50. The molecular weight excluding hydrogens is 458 g/mol. The molecule has 36 heavy (non-hydrogen) atoms. The summed E-state index contributed by atoms with van der Waals surface area (Å²) in [5.74, 6) is 0.834. The summed E-state index contributed by atoms with van der Waals surface area (Å²) < 4.78 is 10.4. The number of carbonyl (C=O) groups is 1. The molecule has 4 heterocycles. The Morgan fingerprint density at radius 3 is 2.72 bits per heavy atom. The predicted molar refractivity (Wildman–Crippen MR) is 138 cm³/mol. The van der Waals surface area contributed by atoms with E-state index < -0.39 is 6.09 Å². The van der Waals surface area contributed by atoms with Crippen LogP contribution in [0.25, 0.3) is 33.5 Å². The highest BCUT2D eigenvalue weighted by molar-refractivity contribution is 5.96. The molecule has 1 aliphatic rings. The number of aromatic nitrogens is 5. The van der Waals surface area contributed by atoms with Crippen molar-refractivity contribution in [3.05, 3.63) is 54.6 Å². The monoisotopic (exact) mass is 489 g/mol. The predicted octanol–water partition coefficient (Wildman–Crippen LogP) is 4.51. The van der Waals surface area contributed by atoms with Gasteiger partial charge in [-0.2, -0.15) is 0 Å². The van der Waals surface area contributed by atoms with E-state index in [1.165, 1.54) is 0 Å². The summed E-state index contributed by atoms with van der Waals surface area (Å²) in [4.78, 5) is 35.5. The van der Waals surface area contributed by atoms with Crippen molar-refractivity contribution in [3.63, 3.8) is 0 Å². The molecule has 3 aromatic heterocycles. The minimum Gasteiger partial charge on any atom is -0.450 e. The van der Waals surface area contributed by atoms with Gasteiger partial charge in [-0.3, -0.25) is 15.2 Å². The van der Waals surface area contributed by atoms with E-state index >= 15 is 0 Å². The fourth-order valence-electron chi connectivity index (χ4n) is 4.27. The van der Waals surface area contributed by atoms with Gasteiger partial charge in [0.05, 0.1) is 23.9 Å². The number of aromatic amines is 1. The van der Waals surface area contributed by atoms with Crippen LogP contribution in [0, 0.1) is 0 Å². The van der Waals surface area contributed by atoms with Gasteiger partial charge in [-0.25, -0.2) is 19.7 Å². The Kier molecular flexibility index (Phi) is 7.87. The van der Waals surface area contributed by atoms with Gasteiger partial charge in [-0.1, -0.05) is 13.5 Å². The largest absolute Gasteiger partial charge is 0.450 e. The Bertz CT molecular complexity index is 1310. The zero-order valence-electron chi connectivity index (χ0n) is 19.7. The third-order valence-electron chi connectivity index (χ3n) is 6.00. The number of pyridine rings is 1. The van der Waals surface area contributed by atoms with E-state index in [2.05, 4.69) is 42.3 Å². The minimum absolute atomic E-state index is 0. The molecule has 10 nitrogen and oxygen atoms in total. The molecule has 1 aliphatic heterocycles. The minimum atomic E-state index is -0.570. The summed E-state index contributed by atoms with van der Waals surface area (Å²) in [6.07, 6.45) is 6.04. The topological polar surface area (TPSA) is 118 Å². The normalized spacial score (nSPS) is 15.6. The summed E-state index contributed by atoms with van der Waals surface area (Å²) in [5, 5.41) is 2.62. The summed E-state index contributed by atoms with van der Waals surface area (Å²) in [7, 11) is 1.77. The summed E-state index contributed by atoms with van der Waals surface area (Å²) >= 11 is 0. The maximum absolute atomic E-state index is 11.9. The standard InChI is InChI=1S/C25H27N7O3.CH4/c1-3-35-25(33)31-24-29-21-12-17(11-20(22(21)30-24)23-26-8-4-9-27-23)16-5-6-18(28-13-16)14-32-10-7-19(15-32)34-2;/h4-6,8-9,11-13,19H,3,7,10,14-15H2,1-2H3,(H2,29,30,31,33);1H4/t19-;/m1./s1. The first kappa shape index (κ1) is 25.2. The molecule has 0 spiro atoms. The molecule has 0 saturated carbocycles. The van der Waals surface area contributed by atoms with Gasteiger partial charge in [0, 0.05) is 56.5 Å². The summed E-state index contributed by atoms with van der Waals surface area (Å²) in [6, 6.07) is 9.86. The number of hydrogen-bond donors (Lipinski definition) is 2. The highest BCUT2D eigenvalue weighted by atomic mass is 16.5. The number of methoxy groups -OCH3 is 1. The van der Waals surface area contributed by atoms with Crippen LogP contribution >= 0.6 is 0 Å². The smallest absolute Gasteiger partial charge is 0.413 e. The third-order valence-corrected chi connectivity index (χ3v) is 6.00. The molecule has 5 rings (SSSR count). The Morgan fingerprint density at radius 1 is 1.19 bits per heavy atom. The lowest BCUT2D eigenvalue weighted by molar-refractivity contribution is 0.107.